The van der Waals surface area contributed by atoms with Crippen LogP contribution in [-0.4, -0.2) is 114 Å². The van der Waals surface area contributed by atoms with Gasteiger partial charge in [0.25, 0.3) is 5.91 Å². The summed E-state index contributed by atoms with van der Waals surface area (Å²) in [4.78, 5) is 72.7. The fourth-order valence-corrected chi connectivity index (χ4v) is 6.73. The summed E-state index contributed by atoms with van der Waals surface area (Å²) in [5.74, 6) is -1.03. The minimum Gasteiger partial charge on any atom is -0.378 e. The highest BCUT2D eigenvalue weighted by molar-refractivity contribution is 6.01. The van der Waals surface area contributed by atoms with E-state index in [2.05, 4.69) is 10.2 Å². The molecular formula is C30H41N5O6. The molecule has 0 saturated carbocycles. The van der Waals surface area contributed by atoms with E-state index in [1.54, 1.807) is 26.8 Å². The van der Waals surface area contributed by atoms with Crippen molar-refractivity contribution in [3.8, 4) is 0 Å². The second-order valence-electron chi connectivity index (χ2n) is 11.9. The van der Waals surface area contributed by atoms with Gasteiger partial charge in [-0.15, -0.1) is 0 Å². The van der Waals surface area contributed by atoms with Gasteiger partial charge in [0, 0.05) is 44.4 Å². The highest BCUT2D eigenvalue weighted by Gasteiger charge is 2.53. The van der Waals surface area contributed by atoms with E-state index in [1.807, 2.05) is 26.0 Å². The zero-order valence-electron chi connectivity index (χ0n) is 24.2. The number of benzene rings is 1. The van der Waals surface area contributed by atoms with Gasteiger partial charge in [0.1, 0.15) is 18.1 Å². The standard InChI is InChI=1S/C30H41N5O6/c1-19(2)17-23(31-28(38)21-6-8-22(9-7-21)32-13-15-41-16-14-32)29(39)34-12-10-24-27(34)26(37)18-35(24)30(40)25-5-4-11-33(25)20(3)36/h6-9,19,23-25,27H,4-5,10-18H2,1-3H3,(H,31,38). The second kappa shape index (κ2) is 12.2. The zero-order valence-corrected chi connectivity index (χ0v) is 24.2. The lowest BCUT2D eigenvalue weighted by molar-refractivity contribution is -0.143. The highest BCUT2D eigenvalue weighted by atomic mass is 16.5. The average molecular weight is 568 g/mol. The van der Waals surface area contributed by atoms with E-state index in [1.165, 1.54) is 6.92 Å². The number of Topliss-reactive ketones (excluding diaryl/α,β-unsaturated/α-hetero) is 1. The van der Waals surface area contributed by atoms with Crippen LogP contribution < -0.4 is 10.2 Å². The molecule has 4 heterocycles. The van der Waals surface area contributed by atoms with Crippen molar-refractivity contribution < 1.29 is 28.7 Å². The average Bonchev–Trinajstić information content (AvgIpc) is 3.70. The van der Waals surface area contributed by atoms with E-state index >= 15 is 0 Å². The first kappa shape index (κ1) is 29.0. The van der Waals surface area contributed by atoms with Crippen molar-refractivity contribution >= 4 is 35.1 Å². The summed E-state index contributed by atoms with van der Waals surface area (Å²) in [6.07, 6.45) is 2.25. The van der Waals surface area contributed by atoms with Crippen LogP contribution in [0.5, 0.6) is 0 Å². The molecule has 5 rings (SSSR count). The molecular weight excluding hydrogens is 526 g/mol. The van der Waals surface area contributed by atoms with Crippen LogP contribution in [-0.2, 0) is 23.9 Å². The van der Waals surface area contributed by atoms with E-state index in [0.29, 0.717) is 51.1 Å². The Kier molecular flexibility index (Phi) is 8.63. The van der Waals surface area contributed by atoms with Crippen LogP contribution >= 0.6 is 0 Å². The molecule has 0 bridgehead atoms. The Morgan fingerprint density at radius 2 is 1.66 bits per heavy atom. The zero-order chi connectivity index (χ0) is 29.3. The molecule has 4 fully saturated rings. The molecule has 222 valence electrons. The highest BCUT2D eigenvalue weighted by Crippen LogP contribution is 2.33. The molecule has 4 saturated heterocycles. The number of anilines is 1. The van der Waals surface area contributed by atoms with Gasteiger partial charge in [-0.05, 0) is 55.9 Å². The van der Waals surface area contributed by atoms with Gasteiger partial charge < -0.3 is 29.7 Å². The van der Waals surface area contributed by atoms with Crippen molar-refractivity contribution in [2.75, 3.05) is 50.8 Å². The molecule has 0 aliphatic carbocycles. The van der Waals surface area contributed by atoms with E-state index in [0.717, 1.165) is 25.2 Å². The molecule has 4 aliphatic heterocycles. The quantitative estimate of drug-likeness (QED) is 0.523. The number of morpholine rings is 1. The lowest BCUT2D eigenvalue weighted by Gasteiger charge is -2.31. The van der Waals surface area contributed by atoms with Crippen LogP contribution in [0.4, 0.5) is 5.69 Å². The van der Waals surface area contributed by atoms with E-state index in [9.17, 15) is 24.0 Å². The van der Waals surface area contributed by atoms with Crippen LogP contribution in [0.1, 0.15) is 56.8 Å². The molecule has 0 spiro atoms. The Balaban J connectivity index is 1.27. The predicted octanol–water partition coefficient (Wildman–Crippen LogP) is 1.06. The smallest absolute Gasteiger partial charge is 0.251 e. The largest absolute Gasteiger partial charge is 0.378 e. The van der Waals surface area contributed by atoms with Gasteiger partial charge >= 0.3 is 0 Å². The Morgan fingerprint density at radius 3 is 2.32 bits per heavy atom. The maximum atomic E-state index is 13.9. The van der Waals surface area contributed by atoms with Crippen molar-refractivity contribution in [2.45, 2.75) is 70.6 Å². The second-order valence-corrected chi connectivity index (χ2v) is 11.9. The van der Waals surface area contributed by atoms with Crippen LogP contribution in [0.25, 0.3) is 0 Å². The third-order valence-corrected chi connectivity index (χ3v) is 8.75. The summed E-state index contributed by atoms with van der Waals surface area (Å²) in [5.41, 5.74) is 1.48. The monoisotopic (exact) mass is 567 g/mol. The maximum Gasteiger partial charge on any atom is 0.251 e. The predicted molar refractivity (Wildman–Crippen MR) is 151 cm³/mol. The fourth-order valence-electron chi connectivity index (χ4n) is 6.73. The van der Waals surface area contributed by atoms with Crippen LogP contribution in [0.2, 0.25) is 0 Å². The number of hydrogen-bond donors (Lipinski definition) is 1. The number of nitrogens with one attached hydrogen (secondary N) is 1. The molecule has 11 nitrogen and oxygen atoms in total. The summed E-state index contributed by atoms with van der Waals surface area (Å²) < 4.78 is 5.41. The van der Waals surface area contributed by atoms with Crippen LogP contribution in [0.15, 0.2) is 24.3 Å². The SMILES string of the molecule is CC(=O)N1CCCC1C(=O)N1CC(=O)C2C1CCN2C(=O)C(CC(C)C)NC(=O)c1ccc(N2CCOCC2)cc1. The lowest BCUT2D eigenvalue weighted by Crippen LogP contribution is -2.53. The van der Waals surface area contributed by atoms with E-state index in [-0.39, 0.29) is 41.9 Å². The topological polar surface area (TPSA) is 120 Å². The molecule has 11 heteroatoms. The number of carbonyl (C=O) groups is 5. The summed E-state index contributed by atoms with van der Waals surface area (Å²) >= 11 is 0. The summed E-state index contributed by atoms with van der Waals surface area (Å²) in [6, 6.07) is 4.87. The number of ketones is 1. The molecule has 1 aromatic rings. The first-order chi connectivity index (χ1) is 19.7. The molecule has 41 heavy (non-hydrogen) atoms. The van der Waals surface area contributed by atoms with Gasteiger partial charge in [0.15, 0.2) is 5.78 Å². The molecule has 4 atom stereocenters. The molecule has 4 unspecified atom stereocenters. The normalized spacial score (nSPS) is 25.1. The van der Waals surface area contributed by atoms with Crippen molar-refractivity contribution in [2.24, 2.45) is 5.92 Å². The van der Waals surface area contributed by atoms with Gasteiger partial charge in [-0.3, -0.25) is 24.0 Å². The molecule has 1 N–H and O–H groups in total. The van der Waals surface area contributed by atoms with Gasteiger partial charge in [-0.25, -0.2) is 0 Å². The molecule has 0 radical (unpaired) electrons. The number of amides is 4. The minimum absolute atomic E-state index is 0.0586. The third-order valence-electron chi connectivity index (χ3n) is 8.75. The Morgan fingerprint density at radius 1 is 0.951 bits per heavy atom. The van der Waals surface area contributed by atoms with Crippen molar-refractivity contribution in [1.29, 1.82) is 0 Å². The first-order valence-corrected chi connectivity index (χ1v) is 14.8. The molecule has 0 aromatic heterocycles. The number of nitrogens with zero attached hydrogens (tertiary/aromatic N) is 4. The molecule has 4 amide bonds. The Bertz CT molecular complexity index is 1180. The van der Waals surface area contributed by atoms with E-state index < -0.39 is 24.2 Å². The lowest BCUT2D eigenvalue weighted by atomic mass is 10.0. The summed E-state index contributed by atoms with van der Waals surface area (Å²) in [6.45, 7) is 9.19. The summed E-state index contributed by atoms with van der Waals surface area (Å²) in [7, 11) is 0. The third kappa shape index (κ3) is 5.95. The van der Waals surface area contributed by atoms with E-state index in [4.69, 9.17) is 4.74 Å². The number of likely N-dealkylation sites (tertiary alicyclic amines) is 3. The first-order valence-electron chi connectivity index (χ1n) is 14.8. The van der Waals surface area contributed by atoms with Gasteiger partial charge in [0.2, 0.25) is 17.7 Å². The fraction of sp³-hybridized carbons (Fsp3) is 0.633. The summed E-state index contributed by atoms with van der Waals surface area (Å²) in [5, 5.41) is 2.93. The van der Waals surface area contributed by atoms with Gasteiger partial charge in [0.05, 0.1) is 25.8 Å². The van der Waals surface area contributed by atoms with Crippen LogP contribution in [0, 0.1) is 5.92 Å². The number of rotatable bonds is 7. The number of ether oxygens (including phenoxy) is 1. The number of carbonyl (C=O) groups excluding carboxylic acids is 5. The van der Waals surface area contributed by atoms with Crippen molar-refractivity contribution in [3.05, 3.63) is 29.8 Å². The van der Waals surface area contributed by atoms with Crippen molar-refractivity contribution in [1.82, 2.24) is 20.0 Å². The van der Waals surface area contributed by atoms with Crippen molar-refractivity contribution in [3.63, 3.8) is 0 Å². The molecule has 4 aliphatic rings. The number of fused-ring (bicyclic) bond motifs is 1. The maximum absolute atomic E-state index is 13.9. The van der Waals surface area contributed by atoms with Gasteiger partial charge in [-0.1, -0.05) is 13.8 Å². The Hall–Kier alpha value is -3.47. The minimum atomic E-state index is -0.791. The van der Waals surface area contributed by atoms with Crippen LogP contribution in [0.3, 0.4) is 0 Å². The number of hydrogen-bond acceptors (Lipinski definition) is 7. The van der Waals surface area contributed by atoms with Gasteiger partial charge in [-0.2, -0.15) is 0 Å². The molecule has 1 aromatic carbocycles. The Labute approximate surface area is 241 Å².